The zero-order valence-electron chi connectivity index (χ0n) is 13.0. The number of carbonyl (C=O) groups is 1. The Balaban J connectivity index is 2.89. The van der Waals surface area contributed by atoms with Crippen LogP contribution >= 0.6 is 0 Å². The zero-order chi connectivity index (χ0) is 14.8. The first-order valence-electron chi connectivity index (χ1n) is 7.32. The third-order valence-electron chi connectivity index (χ3n) is 5.23. The van der Waals surface area contributed by atoms with Crippen LogP contribution in [0.1, 0.15) is 60.3 Å². The van der Waals surface area contributed by atoms with Crippen molar-refractivity contribution in [2.45, 2.75) is 72.4 Å². The molecule has 1 rings (SSSR count). The maximum absolute atomic E-state index is 11.1. The fourth-order valence-electron chi connectivity index (χ4n) is 3.73. The van der Waals surface area contributed by atoms with E-state index in [4.69, 9.17) is 16.2 Å². The fraction of sp³-hybridized carbons (Fsp3) is 0.933. The van der Waals surface area contributed by atoms with Crippen molar-refractivity contribution in [1.82, 2.24) is 0 Å². The average Bonchev–Trinajstić information content (AvgIpc) is 2.26. The highest BCUT2D eigenvalue weighted by Gasteiger charge is 2.49. The van der Waals surface area contributed by atoms with E-state index < -0.39 is 6.09 Å². The van der Waals surface area contributed by atoms with Gasteiger partial charge in [0.15, 0.2) is 0 Å². The van der Waals surface area contributed by atoms with E-state index in [1.807, 2.05) is 6.92 Å². The molecule has 1 aliphatic rings. The van der Waals surface area contributed by atoms with Crippen LogP contribution in [0.5, 0.6) is 0 Å². The number of primary amides is 1. The summed E-state index contributed by atoms with van der Waals surface area (Å²) in [5, 5.41) is 0. The Labute approximate surface area is 117 Å². The molecule has 0 aromatic rings. The second-order valence-electron chi connectivity index (χ2n) is 7.18. The third kappa shape index (κ3) is 3.41. The van der Waals surface area contributed by atoms with Gasteiger partial charge >= 0.3 is 6.09 Å². The van der Waals surface area contributed by atoms with Gasteiger partial charge in [0.25, 0.3) is 0 Å². The van der Waals surface area contributed by atoms with Gasteiger partial charge in [0.2, 0.25) is 0 Å². The minimum absolute atomic E-state index is 0.00653. The molecule has 0 aliphatic heterocycles. The molecule has 2 atom stereocenters. The summed E-state index contributed by atoms with van der Waals surface area (Å²) in [5.74, 6) is 0.580. The maximum atomic E-state index is 11.1. The van der Waals surface area contributed by atoms with E-state index in [1.54, 1.807) is 0 Å². The molecule has 0 aromatic heterocycles. The highest BCUT2D eigenvalue weighted by molar-refractivity contribution is 5.64. The van der Waals surface area contributed by atoms with Crippen LogP contribution in [-0.4, -0.2) is 18.2 Å². The Morgan fingerprint density at radius 3 is 2.05 bits per heavy atom. The van der Waals surface area contributed by atoms with Gasteiger partial charge in [0, 0.05) is 11.5 Å². The van der Waals surface area contributed by atoms with Gasteiger partial charge < -0.3 is 16.2 Å². The summed E-state index contributed by atoms with van der Waals surface area (Å²) >= 11 is 0. The first kappa shape index (κ1) is 16.3. The molecule has 0 bridgehead atoms. The van der Waals surface area contributed by atoms with Crippen molar-refractivity contribution >= 4 is 6.09 Å². The zero-order valence-corrected chi connectivity index (χ0v) is 13.0. The molecule has 1 aliphatic carbocycles. The summed E-state index contributed by atoms with van der Waals surface area (Å²) < 4.78 is 5.32. The van der Waals surface area contributed by atoms with Crippen LogP contribution in [0.15, 0.2) is 0 Å². The quantitative estimate of drug-likeness (QED) is 0.827. The van der Waals surface area contributed by atoms with Gasteiger partial charge in [-0.3, -0.25) is 0 Å². The van der Waals surface area contributed by atoms with Gasteiger partial charge in [-0.05, 0) is 50.9 Å². The molecule has 4 heteroatoms. The Kier molecular flexibility index (Phi) is 4.88. The van der Waals surface area contributed by atoms with E-state index in [9.17, 15) is 4.79 Å². The summed E-state index contributed by atoms with van der Waals surface area (Å²) in [6, 6.07) is 0.241. The van der Waals surface area contributed by atoms with Crippen molar-refractivity contribution in [2.24, 2.45) is 28.2 Å². The molecular formula is C15H30N2O2. The molecule has 0 heterocycles. The first-order valence-corrected chi connectivity index (χ1v) is 7.32. The molecule has 112 valence electrons. The van der Waals surface area contributed by atoms with Gasteiger partial charge in [-0.15, -0.1) is 0 Å². The Hall–Kier alpha value is -0.770. The number of amides is 1. The molecule has 1 amide bonds. The largest absolute Gasteiger partial charge is 0.446 e. The second kappa shape index (κ2) is 5.70. The number of hydrogen-bond acceptors (Lipinski definition) is 3. The monoisotopic (exact) mass is 270 g/mol. The molecule has 19 heavy (non-hydrogen) atoms. The van der Waals surface area contributed by atoms with Crippen molar-refractivity contribution in [3.8, 4) is 0 Å². The van der Waals surface area contributed by atoms with Crippen molar-refractivity contribution < 1.29 is 9.53 Å². The van der Waals surface area contributed by atoms with Gasteiger partial charge in [-0.25, -0.2) is 4.79 Å². The van der Waals surface area contributed by atoms with Crippen molar-refractivity contribution in [2.75, 3.05) is 0 Å². The molecule has 1 fully saturated rings. The van der Waals surface area contributed by atoms with Crippen LogP contribution in [-0.2, 0) is 4.74 Å². The van der Waals surface area contributed by atoms with Crippen LogP contribution < -0.4 is 11.5 Å². The summed E-state index contributed by atoms with van der Waals surface area (Å²) in [6.45, 7) is 10.7. The van der Waals surface area contributed by atoms with E-state index >= 15 is 0 Å². The highest BCUT2D eigenvalue weighted by atomic mass is 16.6. The minimum atomic E-state index is -0.676. The normalized spacial score (nSPS) is 31.6. The lowest BCUT2D eigenvalue weighted by Crippen LogP contribution is -2.50. The number of rotatable bonds is 3. The van der Waals surface area contributed by atoms with Crippen molar-refractivity contribution in [3.63, 3.8) is 0 Å². The maximum Gasteiger partial charge on any atom is 0.404 e. The van der Waals surface area contributed by atoms with Crippen LogP contribution in [0.3, 0.4) is 0 Å². The standard InChI is InChI=1S/C15H30N2O2/c1-10(16)12-6-8-15(9-7-12,14(3,4)5)11(2)19-13(17)18/h10-12H,6-9,16H2,1-5H3,(H2,17,18)/t10-,11?,12?,15?/m0/s1. The summed E-state index contributed by atoms with van der Waals surface area (Å²) in [4.78, 5) is 11.1. The lowest BCUT2D eigenvalue weighted by molar-refractivity contribution is -0.0836. The van der Waals surface area contributed by atoms with E-state index in [0.717, 1.165) is 25.7 Å². The Morgan fingerprint density at radius 2 is 1.74 bits per heavy atom. The van der Waals surface area contributed by atoms with Crippen LogP contribution in [0.25, 0.3) is 0 Å². The lowest BCUT2D eigenvalue weighted by Gasteiger charge is -2.52. The molecule has 1 saturated carbocycles. The average molecular weight is 270 g/mol. The van der Waals surface area contributed by atoms with Crippen LogP contribution in [0.4, 0.5) is 4.79 Å². The first-order chi connectivity index (χ1) is 8.60. The van der Waals surface area contributed by atoms with Crippen molar-refractivity contribution in [1.29, 1.82) is 0 Å². The van der Waals surface area contributed by atoms with Crippen LogP contribution in [0, 0.1) is 16.7 Å². The minimum Gasteiger partial charge on any atom is -0.446 e. The molecule has 0 spiro atoms. The summed E-state index contributed by atoms with van der Waals surface area (Å²) in [6.07, 6.45) is 3.45. The third-order valence-corrected chi connectivity index (χ3v) is 5.23. The molecule has 1 unspecified atom stereocenters. The predicted octanol–water partition coefficient (Wildman–Crippen LogP) is 3.04. The summed E-state index contributed by atoms with van der Waals surface area (Å²) in [7, 11) is 0. The molecular weight excluding hydrogens is 240 g/mol. The molecule has 4 N–H and O–H groups in total. The number of carbonyl (C=O) groups excluding carboxylic acids is 1. The van der Waals surface area contributed by atoms with Gasteiger partial charge in [0.1, 0.15) is 6.10 Å². The molecule has 4 nitrogen and oxygen atoms in total. The number of nitrogens with two attached hydrogens (primary N) is 2. The lowest BCUT2D eigenvalue weighted by atomic mass is 9.55. The number of hydrogen-bond donors (Lipinski definition) is 2. The smallest absolute Gasteiger partial charge is 0.404 e. The predicted molar refractivity (Wildman–Crippen MR) is 77.6 cm³/mol. The Morgan fingerprint density at radius 1 is 1.26 bits per heavy atom. The topological polar surface area (TPSA) is 78.3 Å². The fourth-order valence-corrected chi connectivity index (χ4v) is 3.73. The van der Waals surface area contributed by atoms with Gasteiger partial charge in [-0.1, -0.05) is 20.8 Å². The molecule has 0 saturated heterocycles. The van der Waals surface area contributed by atoms with E-state index in [-0.39, 0.29) is 23.0 Å². The van der Waals surface area contributed by atoms with E-state index in [0.29, 0.717) is 5.92 Å². The SMILES string of the molecule is CC(OC(N)=O)C1(C(C)(C)C)CCC([C@H](C)N)CC1. The number of ether oxygens (including phenoxy) is 1. The van der Waals surface area contributed by atoms with E-state index in [1.165, 1.54) is 0 Å². The summed E-state index contributed by atoms with van der Waals surface area (Å²) in [5.41, 5.74) is 11.3. The highest BCUT2D eigenvalue weighted by Crippen LogP contribution is 2.54. The van der Waals surface area contributed by atoms with Crippen LogP contribution in [0.2, 0.25) is 0 Å². The van der Waals surface area contributed by atoms with Crippen molar-refractivity contribution in [3.05, 3.63) is 0 Å². The van der Waals surface area contributed by atoms with E-state index in [2.05, 4.69) is 27.7 Å². The second-order valence-corrected chi connectivity index (χ2v) is 7.18. The van der Waals surface area contributed by atoms with Gasteiger partial charge in [-0.2, -0.15) is 0 Å². The molecule has 0 radical (unpaired) electrons. The molecule has 0 aromatic carbocycles. The van der Waals surface area contributed by atoms with Gasteiger partial charge in [0.05, 0.1) is 0 Å². The Bertz CT molecular complexity index is 313.